The molecule has 33 heavy (non-hydrogen) atoms. The van der Waals surface area contributed by atoms with Gasteiger partial charge in [0.15, 0.2) is 0 Å². The normalized spacial score (nSPS) is 15.7. The van der Waals surface area contributed by atoms with Crippen LogP contribution >= 0.6 is 0 Å². The zero-order valence-electron chi connectivity index (χ0n) is 18.9. The van der Waals surface area contributed by atoms with Crippen LogP contribution < -0.4 is 10.1 Å². The summed E-state index contributed by atoms with van der Waals surface area (Å²) in [7, 11) is 1.63. The lowest BCUT2D eigenvalue weighted by Gasteiger charge is -2.41. The lowest BCUT2D eigenvalue weighted by molar-refractivity contribution is -0.385. The quantitative estimate of drug-likeness (QED) is 0.395. The molecule has 1 aromatic heterocycles. The Morgan fingerprint density at radius 3 is 2.88 bits per heavy atom. The maximum atomic E-state index is 11.2. The topological polar surface area (TPSA) is 104 Å². The minimum atomic E-state index is -0.333. The van der Waals surface area contributed by atoms with Crippen LogP contribution in [0.3, 0.4) is 0 Å². The highest BCUT2D eigenvalue weighted by Gasteiger charge is 2.27. The lowest BCUT2D eigenvalue weighted by Crippen LogP contribution is -2.53. The molecule has 1 aliphatic heterocycles. The first-order chi connectivity index (χ1) is 16.0. The van der Waals surface area contributed by atoms with Gasteiger partial charge in [0.05, 0.1) is 23.1 Å². The smallest absolute Gasteiger partial charge is 0.272 e. The van der Waals surface area contributed by atoms with Crippen molar-refractivity contribution in [3.05, 3.63) is 75.0 Å². The molecule has 1 unspecified atom stereocenters. The second-order valence-electron chi connectivity index (χ2n) is 8.38. The van der Waals surface area contributed by atoms with E-state index in [2.05, 4.69) is 21.3 Å². The zero-order chi connectivity index (χ0) is 23.4. The number of likely N-dealkylation sites (tertiary alicyclic amines) is 1. The average molecular weight is 446 g/mol. The highest BCUT2D eigenvalue weighted by atomic mass is 16.6. The summed E-state index contributed by atoms with van der Waals surface area (Å²) in [6.45, 7) is 5.04. The fourth-order valence-electron chi connectivity index (χ4n) is 4.34. The Hall–Kier alpha value is -3.54. The summed E-state index contributed by atoms with van der Waals surface area (Å²) >= 11 is 0. The molecule has 1 aliphatic rings. The molecule has 3 aromatic rings. The Balaban J connectivity index is 1.37. The van der Waals surface area contributed by atoms with E-state index in [-0.39, 0.29) is 10.6 Å². The van der Waals surface area contributed by atoms with Gasteiger partial charge in [-0.25, -0.2) is 0 Å². The molecule has 0 saturated carbocycles. The summed E-state index contributed by atoms with van der Waals surface area (Å²) in [6, 6.07) is 13.8. The van der Waals surface area contributed by atoms with Crippen molar-refractivity contribution in [1.82, 2.24) is 15.2 Å². The second kappa shape index (κ2) is 9.94. The number of nitro groups is 1. The predicted octanol–water partition coefficient (Wildman–Crippen LogP) is 3.74. The van der Waals surface area contributed by atoms with Crippen molar-refractivity contribution in [3.8, 4) is 11.8 Å². The number of nitrogens with zero attached hydrogens (tertiary/aromatic N) is 4. The lowest BCUT2D eigenvalue weighted by atomic mass is 9.97. The number of hydrogen-bond acceptors (Lipinski definition) is 7. The molecule has 8 heteroatoms. The molecule has 0 amide bonds. The molecule has 1 fully saturated rings. The SMILES string of the molecule is COc1ccc2ncc(C#N)c(CCN3CCC3CNCc3ccc(C)c([N+](=O)[O-])c3)c2c1. The van der Waals surface area contributed by atoms with E-state index < -0.39 is 0 Å². The van der Waals surface area contributed by atoms with Gasteiger partial charge in [-0.3, -0.25) is 20.0 Å². The molecule has 2 heterocycles. The number of nitrogens with one attached hydrogen (secondary N) is 1. The summed E-state index contributed by atoms with van der Waals surface area (Å²) in [5.41, 5.74) is 4.22. The molecule has 1 atom stereocenters. The number of ether oxygens (including phenoxy) is 1. The fraction of sp³-hybridized carbons (Fsp3) is 0.360. The largest absolute Gasteiger partial charge is 0.497 e. The van der Waals surface area contributed by atoms with Gasteiger partial charge < -0.3 is 10.1 Å². The maximum absolute atomic E-state index is 11.2. The van der Waals surface area contributed by atoms with Crippen molar-refractivity contribution >= 4 is 16.6 Å². The number of pyridine rings is 1. The number of nitriles is 1. The third-order valence-corrected chi connectivity index (χ3v) is 6.40. The number of aryl methyl sites for hydroxylation is 1. The molecule has 1 saturated heterocycles. The van der Waals surface area contributed by atoms with Gasteiger partial charge in [0.25, 0.3) is 5.69 Å². The number of methoxy groups -OCH3 is 1. The number of aromatic nitrogens is 1. The van der Waals surface area contributed by atoms with Crippen molar-refractivity contribution in [3.63, 3.8) is 0 Å². The summed E-state index contributed by atoms with van der Waals surface area (Å²) < 4.78 is 5.37. The van der Waals surface area contributed by atoms with Gasteiger partial charge in [0.2, 0.25) is 0 Å². The van der Waals surface area contributed by atoms with E-state index in [1.807, 2.05) is 24.3 Å². The number of nitro benzene ring substituents is 1. The van der Waals surface area contributed by atoms with E-state index >= 15 is 0 Å². The van der Waals surface area contributed by atoms with E-state index in [0.717, 1.165) is 60.3 Å². The minimum absolute atomic E-state index is 0.161. The van der Waals surface area contributed by atoms with Crippen LogP contribution in [0.2, 0.25) is 0 Å². The first-order valence-corrected chi connectivity index (χ1v) is 11.0. The third kappa shape index (κ3) is 4.95. The highest BCUT2D eigenvalue weighted by molar-refractivity contribution is 5.85. The molecule has 0 aliphatic carbocycles. The number of benzene rings is 2. The summed E-state index contributed by atoms with van der Waals surface area (Å²) in [4.78, 5) is 17.6. The molecule has 170 valence electrons. The molecule has 2 aromatic carbocycles. The van der Waals surface area contributed by atoms with Crippen molar-refractivity contribution < 1.29 is 9.66 Å². The van der Waals surface area contributed by atoms with Crippen LogP contribution in [-0.2, 0) is 13.0 Å². The summed E-state index contributed by atoms with van der Waals surface area (Å²) in [5, 5.41) is 25.2. The van der Waals surface area contributed by atoms with Crippen LogP contribution in [0.4, 0.5) is 5.69 Å². The Morgan fingerprint density at radius 1 is 1.33 bits per heavy atom. The zero-order valence-corrected chi connectivity index (χ0v) is 18.9. The molecule has 0 spiro atoms. The fourth-order valence-corrected chi connectivity index (χ4v) is 4.34. The van der Waals surface area contributed by atoms with Gasteiger partial charge in [-0.2, -0.15) is 5.26 Å². The van der Waals surface area contributed by atoms with Gasteiger partial charge >= 0.3 is 0 Å². The molecule has 4 rings (SSSR count). The van der Waals surface area contributed by atoms with Gasteiger partial charge in [-0.05, 0) is 49.1 Å². The van der Waals surface area contributed by atoms with Crippen LogP contribution in [0.5, 0.6) is 5.75 Å². The Kier molecular flexibility index (Phi) is 6.82. The first kappa shape index (κ1) is 22.6. The molecule has 1 N–H and O–H groups in total. The Morgan fingerprint density at radius 2 is 2.18 bits per heavy atom. The van der Waals surface area contributed by atoms with Crippen LogP contribution in [0, 0.1) is 28.4 Å². The summed E-state index contributed by atoms with van der Waals surface area (Å²) in [5.74, 6) is 0.753. The highest BCUT2D eigenvalue weighted by Crippen LogP contribution is 2.27. The van der Waals surface area contributed by atoms with Crippen molar-refractivity contribution in [2.45, 2.75) is 32.4 Å². The second-order valence-corrected chi connectivity index (χ2v) is 8.38. The summed E-state index contributed by atoms with van der Waals surface area (Å²) in [6.07, 6.45) is 3.52. The molecular weight excluding hydrogens is 418 g/mol. The molecular formula is C25H27N5O3. The van der Waals surface area contributed by atoms with E-state index in [9.17, 15) is 15.4 Å². The number of fused-ring (bicyclic) bond motifs is 1. The maximum Gasteiger partial charge on any atom is 0.272 e. The first-order valence-electron chi connectivity index (χ1n) is 11.0. The van der Waals surface area contributed by atoms with E-state index in [4.69, 9.17) is 4.74 Å². The molecule has 0 bridgehead atoms. The van der Waals surface area contributed by atoms with Gasteiger partial charge in [0, 0.05) is 55.4 Å². The van der Waals surface area contributed by atoms with Gasteiger partial charge in [-0.1, -0.05) is 12.1 Å². The molecule has 0 radical (unpaired) electrons. The standard InChI is InChI=1S/C25H27N5O3/c1-17-3-4-18(11-25(17)30(31)32)14-27-16-20-7-9-29(20)10-8-22-19(13-26)15-28-24-6-5-21(33-2)12-23(22)24/h3-6,11-12,15,20,27H,7-10,14,16H2,1-2H3. The van der Waals surface area contributed by atoms with Crippen LogP contribution in [0.25, 0.3) is 10.9 Å². The third-order valence-electron chi connectivity index (χ3n) is 6.40. The van der Waals surface area contributed by atoms with Crippen LogP contribution in [-0.4, -0.2) is 47.6 Å². The predicted molar refractivity (Wildman–Crippen MR) is 126 cm³/mol. The van der Waals surface area contributed by atoms with E-state index in [1.54, 1.807) is 32.4 Å². The van der Waals surface area contributed by atoms with Crippen LogP contribution in [0.1, 0.15) is 28.7 Å². The number of rotatable bonds is 9. The average Bonchev–Trinajstić information content (AvgIpc) is 2.81. The van der Waals surface area contributed by atoms with E-state index in [0.29, 0.717) is 23.7 Å². The van der Waals surface area contributed by atoms with Crippen molar-refractivity contribution in [1.29, 1.82) is 5.26 Å². The number of hydrogen-bond donors (Lipinski definition) is 1. The Bertz CT molecular complexity index is 1220. The van der Waals surface area contributed by atoms with Gasteiger partial charge in [0.1, 0.15) is 11.8 Å². The monoisotopic (exact) mass is 445 g/mol. The minimum Gasteiger partial charge on any atom is -0.497 e. The van der Waals surface area contributed by atoms with Crippen molar-refractivity contribution in [2.75, 3.05) is 26.7 Å². The van der Waals surface area contributed by atoms with Gasteiger partial charge in [-0.15, -0.1) is 0 Å². The van der Waals surface area contributed by atoms with E-state index in [1.165, 1.54) is 0 Å². The van der Waals surface area contributed by atoms with Crippen LogP contribution in [0.15, 0.2) is 42.6 Å². The molecule has 8 nitrogen and oxygen atoms in total. The van der Waals surface area contributed by atoms with Crippen molar-refractivity contribution in [2.24, 2.45) is 0 Å². The Labute approximate surface area is 193 Å².